The van der Waals surface area contributed by atoms with Crippen LogP contribution in [0.2, 0.25) is 0 Å². The van der Waals surface area contributed by atoms with Crippen LogP contribution in [0, 0.1) is 0 Å². The molecule has 0 atom stereocenters. The number of aromatic nitrogens is 1. The fourth-order valence-corrected chi connectivity index (χ4v) is 3.67. The summed E-state index contributed by atoms with van der Waals surface area (Å²) in [7, 11) is 4.97. The SMILES string of the molecule is C=CCn1c(-c2cc(OC)ccc2OC)csc1=Nc1cccc(OC)c1. The van der Waals surface area contributed by atoms with Crippen molar-refractivity contribution >= 4 is 17.0 Å². The van der Waals surface area contributed by atoms with E-state index in [0.29, 0.717) is 6.54 Å². The molecule has 0 aliphatic carbocycles. The second-order valence-corrected chi connectivity index (χ2v) is 6.52. The van der Waals surface area contributed by atoms with E-state index < -0.39 is 0 Å². The number of hydrogen-bond acceptors (Lipinski definition) is 5. The summed E-state index contributed by atoms with van der Waals surface area (Å²) in [4.78, 5) is 5.66. The molecule has 1 heterocycles. The molecule has 0 fully saturated rings. The molecular formula is C21H22N2O3S. The number of thiazole rings is 1. The molecule has 27 heavy (non-hydrogen) atoms. The van der Waals surface area contributed by atoms with Gasteiger partial charge < -0.3 is 18.8 Å². The Morgan fingerprint density at radius 3 is 2.52 bits per heavy atom. The first-order valence-electron chi connectivity index (χ1n) is 8.40. The highest BCUT2D eigenvalue weighted by molar-refractivity contribution is 7.07. The van der Waals surface area contributed by atoms with Crippen LogP contribution < -0.4 is 19.0 Å². The van der Waals surface area contributed by atoms with E-state index in [1.807, 2.05) is 48.5 Å². The lowest BCUT2D eigenvalue weighted by Crippen LogP contribution is -2.15. The summed E-state index contributed by atoms with van der Waals surface area (Å²) in [5.41, 5.74) is 2.78. The Morgan fingerprint density at radius 1 is 1.04 bits per heavy atom. The van der Waals surface area contributed by atoms with Gasteiger partial charge in [0, 0.05) is 23.6 Å². The minimum Gasteiger partial charge on any atom is -0.497 e. The van der Waals surface area contributed by atoms with E-state index in [-0.39, 0.29) is 0 Å². The van der Waals surface area contributed by atoms with E-state index in [1.165, 1.54) is 0 Å². The van der Waals surface area contributed by atoms with Gasteiger partial charge in [-0.25, -0.2) is 4.99 Å². The van der Waals surface area contributed by atoms with Crippen molar-refractivity contribution in [2.45, 2.75) is 6.54 Å². The Hall–Kier alpha value is -2.99. The fourth-order valence-electron chi connectivity index (χ4n) is 2.74. The average molecular weight is 382 g/mol. The highest BCUT2D eigenvalue weighted by atomic mass is 32.1. The second-order valence-electron chi connectivity index (χ2n) is 5.68. The predicted molar refractivity (Wildman–Crippen MR) is 109 cm³/mol. The van der Waals surface area contributed by atoms with Gasteiger partial charge in [-0.15, -0.1) is 17.9 Å². The average Bonchev–Trinajstić information content (AvgIpc) is 3.10. The van der Waals surface area contributed by atoms with Crippen molar-refractivity contribution in [2.24, 2.45) is 4.99 Å². The van der Waals surface area contributed by atoms with E-state index in [0.717, 1.165) is 39.0 Å². The minimum atomic E-state index is 0.627. The van der Waals surface area contributed by atoms with Gasteiger partial charge in [-0.3, -0.25) is 0 Å². The van der Waals surface area contributed by atoms with Crippen molar-refractivity contribution in [3.8, 4) is 28.5 Å². The standard InChI is InChI=1S/C21H22N2O3S/c1-5-11-23-19(18-13-17(25-3)9-10-20(18)26-4)14-27-21(23)22-15-7-6-8-16(12-15)24-2/h5-10,12-14H,1,11H2,2-4H3. The number of methoxy groups -OCH3 is 3. The van der Waals surface area contributed by atoms with Crippen molar-refractivity contribution < 1.29 is 14.2 Å². The van der Waals surface area contributed by atoms with Crippen LogP contribution in [-0.4, -0.2) is 25.9 Å². The largest absolute Gasteiger partial charge is 0.497 e. The maximum absolute atomic E-state index is 5.55. The summed E-state index contributed by atoms with van der Waals surface area (Å²) >= 11 is 1.56. The third-order valence-electron chi connectivity index (χ3n) is 4.07. The summed E-state index contributed by atoms with van der Waals surface area (Å²) in [6, 6.07) is 13.4. The van der Waals surface area contributed by atoms with Crippen LogP contribution in [0.15, 0.2) is 65.5 Å². The first-order chi connectivity index (χ1) is 13.2. The molecule has 0 saturated heterocycles. The maximum atomic E-state index is 5.55. The van der Waals surface area contributed by atoms with Crippen molar-refractivity contribution in [1.29, 1.82) is 0 Å². The smallest absolute Gasteiger partial charge is 0.190 e. The first-order valence-corrected chi connectivity index (χ1v) is 9.28. The van der Waals surface area contributed by atoms with Crippen molar-refractivity contribution in [3.05, 3.63) is 65.3 Å². The first kappa shape index (κ1) is 18.8. The number of benzene rings is 2. The molecule has 0 spiro atoms. The lowest BCUT2D eigenvalue weighted by molar-refractivity contribution is 0.404. The molecule has 0 amide bonds. The zero-order valence-corrected chi connectivity index (χ0v) is 16.5. The normalized spacial score (nSPS) is 11.3. The fraction of sp³-hybridized carbons (Fsp3) is 0.190. The Labute approximate surface area is 162 Å². The van der Waals surface area contributed by atoms with Gasteiger partial charge in [0.15, 0.2) is 4.80 Å². The van der Waals surface area contributed by atoms with E-state index in [2.05, 4.69) is 16.5 Å². The minimum absolute atomic E-state index is 0.627. The molecule has 3 aromatic rings. The molecule has 0 aliphatic rings. The van der Waals surface area contributed by atoms with Gasteiger partial charge in [-0.1, -0.05) is 12.1 Å². The lowest BCUT2D eigenvalue weighted by Gasteiger charge is -2.12. The van der Waals surface area contributed by atoms with E-state index in [4.69, 9.17) is 19.2 Å². The molecule has 1 aromatic heterocycles. The van der Waals surface area contributed by atoms with Crippen LogP contribution in [0.1, 0.15) is 0 Å². The van der Waals surface area contributed by atoms with Gasteiger partial charge in [0.25, 0.3) is 0 Å². The third kappa shape index (κ3) is 4.06. The van der Waals surface area contributed by atoms with Crippen LogP contribution in [0.3, 0.4) is 0 Å². The van der Waals surface area contributed by atoms with Crippen LogP contribution in [0.25, 0.3) is 11.3 Å². The lowest BCUT2D eigenvalue weighted by atomic mass is 10.1. The summed E-state index contributed by atoms with van der Waals surface area (Å²) in [6.45, 7) is 4.52. The summed E-state index contributed by atoms with van der Waals surface area (Å²) in [5, 5.41) is 2.07. The number of ether oxygens (including phenoxy) is 3. The molecule has 0 aliphatic heterocycles. The summed E-state index contributed by atoms with van der Waals surface area (Å²) in [5.74, 6) is 2.32. The quantitative estimate of drug-likeness (QED) is 0.558. The van der Waals surface area contributed by atoms with Crippen LogP contribution in [0.4, 0.5) is 5.69 Å². The molecule has 140 valence electrons. The Balaban J connectivity index is 2.17. The van der Waals surface area contributed by atoms with E-state index in [1.54, 1.807) is 32.7 Å². The number of nitrogens with zero attached hydrogens (tertiary/aromatic N) is 2. The van der Waals surface area contributed by atoms with E-state index in [9.17, 15) is 0 Å². The highest BCUT2D eigenvalue weighted by Gasteiger charge is 2.13. The van der Waals surface area contributed by atoms with Crippen molar-refractivity contribution in [1.82, 2.24) is 4.57 Å². The van der Waals surface area contributed by atoms with Crippen molar-refractivity contribution in [3.63, 3.8) is 0 Å². The monoisotopic (exact) mass is 382 g/mol. The molecule has 0 radical (unpaired) electrons. The summed E-state index contributed by atoms with van der Waals surface area (Å²) in [6.07, 6.45) is 1.85. The van der Waals surface area contributed by atoms with Crippen LogP contribution in [0.5, 0.6) is 17.2 Å². The number of rotatable bonds is 7. The topological polar surface area (TPSA) is 45.0 Å². The molecule has 5 nitrogen and oxygen atoms in total. The van der Waals surface area contributed by atoms with Gasteiger partial charge in [0.2, 0.25) is 0 Å². The van der Waals surface area contributed by atoms with Crippen molar-refractivity contribution in [2.75, 3.05) is 21.3 Å². The van der Waals surface area contributed by atoms with Gasteiger partial charge >= 0.3 is 0 Å². The third-order valence-corrected chi connectivity index (χ3v) is 4.93. The molecular weight excluding hydrogens is 360 g/mol. The Morgan fingerprint density at radius 2 is 1.81 bits per heavy atom. The maximum Gasteiger partial charge on any atom is 0.190 e. The van der Waals surface area contributed by atoms with Gasteiger partial charge in [0.05, 0.1) is 32.7 Å². The molecule has 0 bridgehead atoms. The second kappa shape index (κ2) is 8.60. The molecule has 0 saturated carbocycles. The Kier molecular flexibility index (Phi) is 5.98. The Bertz CT molecular complexity index is 1000. The summed E-state index contributed by atoms with van der Waals surface area (Å²) < 4.78 is 18.3. The zero-order chi connectivity index (χ0) is 19.2. The highest BCUT2D eigenvalue weighted by Crippen LogP contribution is 2.34. The number of hydrogen-bond donors (Lipinski definition) is 0. The van der Waals surface area contributed by atoms with Gasteiger partial charge in [-0.05, 0) is 30.3 Å². The van der Waals surface area contributed by atoms with Crippen LogP contribution >= 0.6 is 11.3 Å². The molecule has 0 unspecified atom stereocenters. The number of allylic oxidation sites excluding steroid dienone is 1. The molecule has 3 rings (SSSR count). The molecule has 0 N–H and O–H groups in total. The zero-order valence-electron chi connectivity index (χ0n) is 15.6. The molecule has 2 aromatic carbocycles. The van der Waals surface area contributed by atoms with E-state index >= 15 is 0 Å². The molecule has 6 heteroatoms. The van der Waals surface area contributed by atoms with Gasteiger partial charge in [-0.2, -0.15) is 0 Å². The predicted octanol–water partition coefficient (Wildman–Crippen LogP) is 4.66. The van der Waals surface area contributed by atoms with Crippen LogP contribution in [-0.2, 0) is 6.54 Å². The van der Waals surface area contributed by atoms with Gasteiger partial charge in [0.1, 0.15) is 17.2 Å².